The lowest BCUT2D eigenvalue weighted by Gasteiger charge is -2.21. The molecule has 0 saturated heterocycles. The number of aliphatic carboxylic acids is 1. The van der Waals surface area contributed by atoms with Gasteiger partial charge in [0.15, 0.2) is 6.04 Å². The normalized spacial score (nSPS) is 13.5. The number of hydrogen-bond donors (Lipinski definition) is 3. The monoisotopic (exact) mass is 568 g/mol. The van der Waals surface area contributed by atoms with Crippen molar-refractivity contribution in [2.24, 2.45) is 0 Å². The van der Waals surface area contributed by atoms with E-state index in [0.717, 1.165) is 27.8 Å². The number of nitrogens with zero attached hydrogens (tertiary/aromatic N) is 2. The molecule has 0 aliphatic heterocycles. The van der Waals surface area contributed by atoms with Gasteiger partial charge in [0.05, 0.1) is 19.0 Å². The Labute approximate surface area is 243 Å². The first-order chi connectivity index (χ1) is 20.4. The lowest BCUT2D eigenvalue weighted by molar-refractivity contribution is -0.143. The highest BCUT2D eigenvalue weighted by molar-refractivity contribution is 5.95. The van der Waals surface area contributed by atoms with Crippen molar-refractivity contribution in [3.8, 4) is 11.1 Å². The van der Waals surface area contributed by atoms with Crippen molar-refractivity contribution in [3.63, 3.8) is 0 Å². The minimum atomic E-state index is -1.26. The van der Waals surface area contributed by atoms with Crippen LogP contribution in [-0.2, 0) is 27.4 Å². The second-order valence-corrected chi connectivity index (χ2v) is 10.0. The highest BCUT2D eigenvalue weighted by Gasteiger charge is 2.30. The highest BCUT2D eigenvalue weighted by atomic mass is 16.5. The fourth-order valence-electron chi connectivity index (χ4n) is 5.03. The van der Waals surface area contributed by atoms with E-state index in [9.17, 15) is 19.5 Å². The zero-order chi connectivity index (χ0) is 29.5. The molecule has 10 heteroatoms. The van der Waals surface area contributed by atoms with Crippen LogP contribution in [0.25, 0.3) is 11.1 Å². The van der Waals surface area contributed by atoms with Crippen molar-refractivity contribution in [3.05, 3.63) is 114 Å². The standard InChI is InChI=1S/C32H32N4O6/c1-21(41-18-22-9-3-2-4-10-22)29(31(38)39)35-30(37)28-17-36(20-34-28)16-15-33-32(40)42-19-27-25-13-7-5-11-23(25)24-12-6-8-14-26(24)27/h2-14,17,20-21,27,29H,15-16,18-19H2,1H3,(H,33,40)(H,35,37)(H,38,39)/t21-,29+/m1/s1. The summed E-state index contributed by atoms with van der Waals surface area (Å²) < 4.78 is 12.9. The predicted octanol–water partition coefficient (Wildman–Crippen LogP) is 4.21. The molecule has 3 N–H and O–H groups in total. The molecule has 4 aromatic rings. The molecule has 42 heavy (non-hydrogen) atoms. The minimum absolute atomic E-state index is 0.0287. The summed E-state index contributed by atoms with van der Waals surface area (Å²) >= 11 is 0. The largest absolute Gasteiger partial charge is 0.480 e. The maximum atomic E-state index is 12.7. The molecule has 10 nitrogen and oxygen atoms in total. The lowest BCUT2D eigenvalue weighted by Crippen LogP contribution is -2.48. The number of benzene rings is 3. The van der Waals surface area contributed by atoms with E-state index in [4.69, 9.17) is 9.47 Å². The average Bonchev–Trinajstić information content (AvgIpc) is 3.61. The maximum Gasteiger partial charge on any atom is 0.407 e. The number of imidazole rings is 1. The van der Waals surface area contributed by atoms with Crippen LogP contribution in [0.15, 0.2) is 91.4 Å². The van der Waals surface area contributed by atoms with Gasteiger partial charge in [-0.05, 0) is 34.7 Å². The first-order valence-electron chi connectivity index (χ1n) is 13.7. The van der Waals surface area contributed by atoms with Gasteiger partial charge in [-0.1, -0.05) is 78.9 Å². The van der Waals surface area contributed by atoms with Crippen molar-refractivity contribution < 1.29 is 29.0 Å². The summed E-state index contributed by atoms with van der Waals surface area (Å²) in [6.07, 6.45) is 1.61. The Morgan fingerprint density at radius 3 is 2.26 bits per heavy atom. The molecule has 1 heterocycles. The Balaban J connectivity index is 1.08. The SMILES string of the molecule is C[C@@H](OCc1ccccc1)[C@H](NC(=O)c1cn(CCNC(=O)OCC2c3ccccc3-c3ccccc32)cn1)C(=O)O. The number of nitrogens with one attached hydrogen (secondary N) is 2. The lowest BCUT2D eigenvalue weighted by atomic mass is 9.98. The number of carboxylic acids is 1. The van der Waals surface area contributed by atoms with Gasteiger partial charge in [-0.2, -0.15) is 0 Å². The van der Waals surface area contributed by atoms with Crippen molar-refractivity contribution in [1.82, 2.24) is 20.2 Å². The maximum absolute atomic E-state index is 12.7. The highest BCUT2D eigenvalue weighted by Crippen LogP contribution is 2.44. The molecular weight excluding hydrogens is 536 g/mol. The van der Waals surface area contributed by atoms with Gasteiger partial charge in [-0.3, -0.25) is 4.79 Å². The summed E-state index contributed by atoms with van der Waals surface area (Å²) in [6.45, 7) is 2.61. The van der Waals surface area contributed by atoms with E-state index < -0.39 is 30.1 Å². The molecule has 0 spiro atoms. The smallest absolute Gasteiger partial charge is 0.407 e. The Bertz CT molecular complexity index is 1510. The van der Waals surface area contributed by atoms with E-state index >= 15 is 0 Å². The van der Waals surface area contributed by atoms with Gasteiger partial charge in [0.1, 0.15) is 12.3 Å². The van der Waals surface area contributed by atoms with Crippen LogP contribution in [0.4, 0.5) is 4.79 Å². The summed E-state index contributed by atoms with van der Waals surface area (Å²) in [7, 11) is 0. The molecule has 3 aromatic carbocycles. The molecule has 2 amide bonds. The predicted molar refractivity (Wildman–Crippen MR) is 155 cm³/mol. The molecule has 1 aliphatic rings. The third-order valence-electron chi connectivity index (χ3n) is 7.23. The number of amides is 2. The minimum Gasteiger partial charge on any atom is -0.480 e. The van der Waals surface area contributed by atoms with Gasteiger partial charge in [0.2, 0.25) is 0 Å². The van der Waals surface area contributed by atoms with Gasteiger partial charge in [0, 0.05) is 25.2 Å². The molecular formula is C32H32N4O6. The molecule has 1 aromatic heterocycles. The van der Waals surface area contributed by atoms with Crippen LogP contribution >= 0.6 is 0 Å². The second kappa shape index (κ2) is 13.1. The Morgan fingerprint density at radius 2 is 1.60 bits per heavy atom. The Hall–Kier alpha value is -4.96. The molecule has 0 unspecified atom stereocenters. The van der Waals surface area contributed by atoms with Gasteiger partial charge in [0.25, 0.3) is 5.91 Å². The number of carbonyl (C=O) groups excluding carboxylic acids is 2. The molecule has 0 saturated carbocycles. The van der Waals surface area contributed by atoms with Gasteiger partial charge in [-0.25, -0.2) is 14.6 Å². The van der Waals surface area contributed by atoms with E-state index in [1.807, 2.05) is 54.6 Å². The fraction of sp³-hybridized carbons (Fsp3) is 0.250. The van der Waals surface area contributed by atoms with Crippen LogP contribution in [0, 0.1) is 0 Å². The molecule has 216 valence electrons. The molecule has 2 atom stereocenters. The summed E-state index contributed by atoms with van der Waals surface area (Å²) in [6, 6.07) is 24.3. The Kier molecular flexibility index (Phi) is 8.93. The molecule has 0 radical (unpaired) electrons. The van der Waals surface area contributed by atoms with Crippen LogP contribution in [0.2, 0.25) is 0 Å². The van der Waals surface area contributed by atoms with Crippen LogP contribution in [-0.4, -0.2) is 57.9 Å². The molecule has 5 rings (SSSR count). The van der Waals surface area contributed by atoms with Crippen molar-refractivity contribution in [1.29, 1.82) is 0 Å². The van der Waals surface area contributed by atoms with Crippen molar-refractivity contribution in [2.45, 2.75) is 38.1 Å². The first-order valence-corrected chi connectivity index (χ1v) is 13.7. The van der Waals surface area contributed by atoms with Gasteiger partial charge >= 0.3 is 12.1 Å². The van der Waals surface area contributed by atoms with E-state index in [1.54, 1.807) is 11.5 Å². The van der Waals surface area contributed by atoms with E-state index in [1.165, 1.54) is 12.5 Å². The molecule has 0 bridgehead atoms. The number of aromatic nitrogens is 2. The first kappa shape index (κ1) is 28.6. The average molecular weight is 569 g/mol. The topological polar surface area (TPSA) is 132 Å². The molecule has 1 aliphatic carbocycles. The van der Waals surface area contributed by atoms with Gasteiger partial charge in [-0.15, -0.1) is 0 Å². The summed E-state index contributed by atoms with van der Waals surface area (Å²) in [4.78, 5) is 41.1. The van der Waals surface area contributed by atoms with E-state index in [0.29, 0.717) is 6.54 Å². The van der Waals surface area contributed by atoms with Crippen LogP contribution in [0.1, 0.15) is 40.0 Å². The quantitative estimate of drug-likeness (QED) is 0.233. The third kappa shape index (κ3) is 6.67. The summed E-state index contributed by atoms with van der Waals surface area (Å²) in [5.41, 5.74) is 5.54. The number of carboxylic acid groups (broad SMARTS) is 1. The Morgan fingerprint density at radius 1 is 0.952 bits per heavy atom. The number of ether oxygens (including phenoxy) is 2. The van der Waals surface area contributed by atoms with Crippen LogP contribution < -0.4 is 10.6 Å². The number of hydrogen-bond acceptors (Lipinski definition) is 6. The van der Waals surface area contributed by atoms with Gasteiger partial charge < -0.3 is 29.8 Å². The molecule has 0 fully saturated rings. The summed E-state index contributed by atoms with van der Waals surface area (Å²) in [5.74, 6) is -1.88. The number of rotatable bonds is 12. The van der Waals surface area contributed by atoms with Crippen molar-refractivity contribution >= 4 is 18.0 Å². The van der Waals surface area contributed by atoms with Crippen molar-refractivity contribution in [2.75, 3.05) is 13.2 Å². The summed E-state index contributed by atoms with van der Waals surface area (Å²) in [5, 5.41) is 14.9. The third-order valence-corrected chi connectivity index (χ3v) is 7.23. The zero-order valence-corrected chi connectivity index (χ0v) is 23.1. The van der Waals surface area contributed by atoms with Crippen LogP contribution in [0.5, 0.6) is 0 Å². The van der Waals surface area contributed by atoms with Crippen LogP contribution in [0.3, 0.4) is 0 Å². The zero-order valence-electron chi connectivity index (χ0n) is 23.1. The fourth-order valence-corrected chi connectivity index (χ4v) is 5.03. The van der Waals surface area contributed by atoms with E-state index in [-0.39, 0.29) is 31.4 Å². The second-order valence-electron chi connectivity index (χ2n) is 10.0. The number of fused-ring (bicyclic) bond motifs is 3. The van der Waals surface area contributed by atoms with E-state index in [2.05, 4.69) is 39.9 Å². The number of alkyl carbamates (subject to hydrolysis) is 1. The number of carbonyl (C=O) groups is 3.